The van der Waals surface area contributed by atoms with Crippen molar-refractivity contribution in [2.75, 3.05) is 5.43 Å². The lowest BCUT2D eigenvalue weighted by atomic mass is 9.70. The van der Waals surface area contributed by atoms with Crippen LogP contribution in [0.4, 0.5) is 17.1 Å². The molecule has 0 unspecified atom stereocenters. The Morgan fingerprint density at radius 3 is 2.54 bits per heavy atom. The van der Waals surface area contributed by atoms with Gasteiger partial charge in [-0.05, 0) is 68.3 Å². The largest absolute Gasteiger partial charge is 0.301 e. The highest BCUT2D eigenvalue weighted by Crippen LogP contribution is 2.53. The summed E-state index contributed by atoms with van der Waals surface area (Å²) < 4.78 is 0. The van der Waals surface area contributed by atoms with Crippen LogP contribution in [0.5, 0.6) is 0 Å². The second-order valence-corrected chi connectivity index (χ2v) is 8.76. The van der Waals surface area contributed by atoms with Gasteiger partial charge >= 0.3 is 5.69 Å². The number of nitrogens with one attached hydrogen (secondary N) is 1. The van der Waals surface area contributed by atoms with Crippen molar-refractivity contribution in [2.45, 2.75) is 51.9 Å². The Labute approximate surface area is 163 Å². The summed E-state index contributed by atoms with van der Waals surface area (Å²) in [5.74, 6) is 3.39. The molecule has 8 heteroatoms. The van der Waals surface area contributed by atoms with Crippen LogP contribution in [-0.2, 0) is 0 Å². The van der Waals surface area contributed by atoms with Crippen LogP contribution in [-0.4, -0.2) is 15.6 Å². The Balaban J connectivity index is 1.57. The molecule has 8 nitrogen and oxygen atoms in total. The lowest BCUT2D eigenvalue weighted by Gasteiger charge is -2.36. The molecule has 0 radical (unpaired) electrons. The minimum atomic E-state index is -0.628. The summed E-state index contributed by atoms with van der Waals surface area (Å²) in [6, 6.07) is 3.63. The Morgan fingerprint density at radius 1 is 1.07 bits per heavy atom. The molecular weight excluding hydrogens is 360 g/mol. The van der Waals surface area contributed by atoms with Crippen LogP contribution in [0, 0.1) is 49.8 Å². The quantitative estimate of drug-likeness (QED) is 0.556. The molecule has 3 aliphatic rings. The van der Waals surface area contributed by atoms with Gasteiger partial charge in [0.05, 0.1) is 15.9 Å². The second-order valence-electron chi connectivity index (χ2n) is 8.76. The van der Waals surface area contributed by atoms with Crippen LogP contribution in [0.3, 0.4) is 0 Å². The summed E-state index contributed by atoms with van der Waals surface area (Å²) in [7, 11) is 0. The van der Waals surface area contributed by atoms with Crippen LogP contribution >= 0.6 is 0 Å². The van der Waals surface area contributed by atoms with E-state index in [1.165, 1.54) is 44.2 Å². The van der Waals surface area contributed by atoms with Gasteiger partial charge < -0.3 is 0 Å². The predicted octanol–water partition coefficient (Wildman–Crippen LogP) is 5.14. The van der Waals surface area contributed by atoms with Gasteiger partial charge in [-0.1, -0.05) is 13.3 Å². The Kier molecular flexibility index (Phi) is 5.03. The van der Waals surface area contributed by atoms with Crippen molar-refractivity contribution in [3.05, 3.63) is 38.4 Å². The van der Waals surface area contributed by atoms with E-state index in [-0.39, 0.29) is 17.1 Å². The van der Waals surface area contributed by atoms with Crippen LogP contribution in [0.2, 0.25) is 0 Å². The van der Waals surface area contributed by atoms with Gasteiger partial charge in [0, 0.05) is 17.7 Å². The van der Waals surface area contributed by atoms with E-state index in [1.54, 1.807) is 0 Å². The molecule has 1 aromatic carbocycles. The number of anilines is 1. The molecule has 3 aliphatic carbocycles. The fourth-order valence-electron chi connectivity index (χ4n) is 5.63. The van der Waals surface area contributed by atoms with Gasteiger partial charge in [0.2, 0.25) is 0 Å². The molecule has 2 bridgehead atoms. The minimum Gasteiger partial charge on any atom is -0.272 e. The SMILES string of the molecule is C[C@@H]1CC[C@H]([C@@H]2C[C@@H]3CC[C@@H]2C3)/C(=N\Nc2ccc([N+](=O)[O-])cc2[N+](=O)[O-])C1. The standard InChI is InChI=1S/C20H26N4O4/c1-12-2-6-16(17-10-13-3-4-14(17)9-13)19(8-12)22-21-18-7-5-15(23(25)26)11-20(18)24(27)28/h5,7,11-14,16-17,21H,2-4,6,8-10H2,1H3/b22-19-/t12-,13-,14-,16-,17-/m1/s1. The molecule has 5 atom stereocenters. The van der Waals surface area contributed by atoms with Gasteiger partial charge in [-0.2, -0.15) is 5.10 Å². The van der Waals surface area contributed by atoms with Gasteiger partial charge in [0.25, 0.3) is 5.69 Å². The molecule has 28 heavy (non-hydrogen) atoms. The number of rotatable bonds is 5. The Morgan fingerprint density at radius 2 is 1.89 bits per heavy atom. The summed E-state index contributed by atoms with van der Waals surface area (Å²) in [6.07, 6.45) is 8.59. The topological polar surface area (TPSA) is 111 Å². The molecule has 150 valence electrons. The number of hydrazone groups is 1. The minimum absolute atomic E-state index is 0.202. The van der Waals surface area contributed by atoms with Gasteiger partial charge in [0.15, 0.2) is 0 Å². The van der Waals surface area contributed by atoms with Crippen molar-refractivity contribution in [2.24, 2.45) is 34.7 Å². The van der Waals surface area contributed by atoms with E-state index in [0.29, 0.717) is 17.8 Å². The first-order valence-electron chi connectivity index (χ1n) is 10.2. The third-order valence-electron chi connectivity index (χ3n) is 6.97. The molecule has 3 fully saturated rings. The van der Waals surface area contributed by atoms with Gasteiger partial charge in [-0.25, -0.2) is 0 Å². The molecule has 0 saturated heterocycles. The number of hydrogen-bond acceptors (Lipinski definition) is 6. The van der Waals surface area contributed by atoms with Gasteiger partial charge in [0.1, 0.15) is 5.69 Å². The number of nitrogens with zero attached hydrogens (tertiary/aromatic N) is 3. The van der Waals surface area contributed by atoms with E-state index in [9.17, 15) is 20.2 Å². The summed E-state index contributed by atoms with van der Waals surface area (Å²) in [6.45, 7) is 2.22. The number of benzene rings is 1. The first-order chi connectivity index (χ1) is 13.4. The lowest BCUT2D eigenvalue weighted by molar-refractivity contribution is -0.393. The van der Waals surface area contributed by atoms with E-state index >= 15 is 0 Å². The van der Waals surface area contributed by atoms with E-state index in [0.717, 1.165) is 36.5 Å². The first kappa shape index (κ1) is 18.8. The van der Waals surface area contributed by atoms with E-state index < -0.39 is 9.85 Å². The van der Waals surface area contributed by atoms with E-state index in [1.807, 2.05) is 0 Å². The molecule has 0 spiro atoms. The molecule has 4 rings (SSSR count). The summed E-state index contributed by atoms with van der Waals surface area (Å²) >= 11 is 0. The second kappa shape index (κ2) is 7.48. The van der Waals surface area contributed by atoms with Crippen molar-refractivity contribution in [3.63, 3.8) is 0 Å². The highest BCUT2D eigenvalue weighted by atomic mass is 16.6. The van der Waals surface area contributed by atoms with Crippen molar-refractivity contribution in [1.29, 1.82) is 0 Å². The number of non-ortho nitro benzene ring substituents is 1. The molecule has 0 aliphatic heterocycles. The normalized spacial score (nSPS) is 33.2. The number of nitro benzene ring substituents is 2. The number of hydrogen-bond donors (Lipinski definition) is 1. The van der Waals surface area contributed by atoms with Crippen molar-refractivity contribution in [3.8, 4) is 0 Å². The Hall–Kier alpha value is -2.51. The smallest absolute Gasteiger partial charge is 0.272 e. The third-order valence-corrected chi connectivity index (χ3v) is 6.97. The third kappa shape index (κ3) is 3.59. The average molecular weight is 386 g/mol. The zero-order valence-corrected chi connectivity index (χ0v) is 16.0. The first-order valence-corrected chi connectivity index (χ1v) is 10.2. The molecule has 0 heterocycles. The monoisotopic (exact) mass is 386 g/mol. The van der Waals surface area contributed by atoms with Gasteiger partial charge in [-0.15, -0.1) is 0 Å². The summed E-state index contributed by atoms with van der Waals surface area (Å²) in [5, 5.41) is 26.9. The maximum absolute atomic E-state index is 11.4. The van der Waals surface area contributed by atoms with Crippen molar-refractivity contribution < 1.29 is 9.85 Å². The molecular formula is C20H26N4O4. The summed E-state index contributed by atoms with van der Waals surface area (Å²) in [4.78, 5) is 21.0. The van der Waals surface area contributed by atoms with Gasteiger partial charge in [-0.3, -0.25) is 25.7 Å². The average Bonchev–Trinajstić information content (AvgIpc) is 3.29. The zero-order chi connectivity index (χ0) is 19.8. The van der Waals surface area contributed by atoms with Crippen LogP contribution in [0.1, 0.15) is 51.9 Å². The fraction of sp³-hybridized carbons (Fsp3) is 0.650. The molecule has 1 aromatic rings. The number of nitro groups is 2. The van der Waals surface area contributed by atoms with E-state index in [4.69, 9.17) is 0 Å². The van der Waals surface area contributed by atoms with Crippen LogP contribution in [0.15, 0.2) is 23.3 Å². The maximum atomic E-state index is 11.4. The zero-order valence-electron chi connectivity index (χ0n) is 16.0. The number of fused-ring (bicyclic) bond motifs is 2. The summed E-state index contributed by atoms with van der Waals surface area (Å²) in [5.41, 5.74) is 3.57. The molecule has 3 saturated carbocycles. The predicted molar refractivity (Wildman–Crippen MR) is 106 cm³/mol. The van der Waals surface area contributed by atoms with Crippen LogP contribution in [0.25, 0.3) is 0 Å². The van der Waals surface area contributed by atoms with Crippen LogP contribution < -0.4 is 5.43 Å². The fourth-order valence-corrected chi connectivity index (χ4v) is 5.63. The molecule has 1 N–H and O–H groups in total. The van der Waals surface area contributed by atoms with Crippen molar-refractivity contribution in [1.82, 2.24) is 0 Å². The lowest BCUT2D eigenvalue weighted by Crippen LogP contribution is -2.33. The highest BCUT2D eigenvalue weighted by molar-refractivity contribution is 5.89. The molecule has 0 aromatic heterocycles. The maximum Gasteiger partial charge on any atom is 0.301 e. The highest BCUT2D eigenvalue weighted by Gasteiger charge is 2.45. The van der Waals surface area contributed by atoms with Crippen molar-refractivity contribution >= 4 is 22.8 Å². The Bertz CT molecular complexity index is 824. The molecule has 0 amide bonds. The van der Waals surface area contributed by atoms with E-state index in [2.05, 4.69) is 17.5 Å².